The summed E-state index contributed by atoms with van der Waals surface area (Å²) in [6, 6.07) is 5.63. The minimum absolute atomic E-state index is 0.0170. The Kier molecular flexibility index (Phi) is 3.37. The number of rotatable bonds is 3. The highest BCUT2D eigenvalue weighted by Gasteiger charge is 2.51. The zero-order chi connectivity index (χ0) is 15.2. The van der Waals surface area contributed by atoms with Crippen LogP contribution in [0, 0.1) is 5.41 Å². The molecule has 0 bridgehead atoms. The summed E-state index contributed by atoms with van der Waals surface area (Å²) < 4.78 is 7.35. The highest BCUT2D eigenvalue weighted by molar-refractivity contribution is 6.33. The van der Waals surface area contributed by atoms with E-state index in [4.69, 9.17) is 22.1 Å². The molecular weight excluding hydrogens is 290 g/mol. The molecule has 2 aromatic rings. The Balaban J connectivity index is 1.97. The summed E-state index contributed by atoms with van der Waals surface area (Å²) in [6.07, 6.45) is 1.11. The predicted octanol–water partition coefficient (Wildman–Crippen LogP) is 2.56. The number of tetrazole rings is 1. The molecule has 3 rings (SSSR count). The molecule has 2 N–H and O–H groups in total. The van der Waals surface area contributed by atoms with Crippen molar-refractivity contribution in [2.75, 3.05) is 12.8 Å². The second-order valence-electron chi connectivity index (χ2n) is 5.98. The number of methoxy groups -OCH3 is 1. The number of halogens is 1. The van der Waals surface area contributed by atoms with E-state index < -0.39 is 0 Å². The summed E-state index contributed by atoms with van der Waals surface area (Å²) in [5, 5.41) is 12.6. The molecule has 1 aromatic carbocycles. The minimum Gasteiger partial charge on any atom is -0.398 e. The van der Waals surface area contributed by atoms with Crippen molar-refractivity contribution >= 4 is 17.3 Å². The van der Waals surface area contributed by atoms with Crippen molar-refractivity contribution in [3.63, 3.8) is 0 Å². The van der Waals surface area contributed by atoms with Crippen molar-refractivity contribution in [1.29, 1.82) is 0 Å². The van der Waals surface area contributed by atoms with E-state index in [9.17, 15) is 0 Å². The molecule has 0 saturated heterocycles. The van der Waals surface area contributed by atoms with Crippen LogP contribution >= 0.6 is 11.6 Å². The van der Waals surface area contributed by atoms with Gasteiger partial charge in [-0.05, 0) is 35.0 Å². The van der Waals surface area contributed by atoms with Gasteiger partial charge in [-0.2, -0.15) is 0 Å². The van der Waals surface area contributed by atoms with E-state index in [0.29, 0.717) is 16.5 Å². The smallest absolute Gasteiger partial charge is 0.182 e. The van der Waals surface area contributed by atoms with Crippen LogP contribution in [-0.2, 0) is 4.74 Å². The molecule has 1 saturated carbocycles. The first-order valence-corrected chi connectivity index (χ1v) is 7.19. The Morgan fingerprint density at radius 3 is 2.81 bits per heavy atom. The van der Waals surface area contributed by atoms with E-state index in [-0.39, 0.29) is 17.6 Å². The lowest BCUT2D eigenvalue weighted by Crippen LogP contribution is -2.51. The number of nitrogens with two attached hydrogens (primary N) is 1. The van der Waals surface area contributed by atoms with E-state index in [1.165, 1.54) is 0 Å². The number of ether oxygens (including phenoxy) is 1. The molecule has 7 heteroatoms. The van der Waals surface area contributed by atoms with Crippen molar-refractivity contribution in [2.24, 2.45) is 5.41 Å². The van der Waals surface area contributed by atoms with Gasteiger partial charge in [0.2, 0.25) is 0 Å². The molecule has 112 valence electrons. The van der Waals surface area contributed by atoms with Gasteiger partial charge in [0.25, 0.3) is 0 Å². The minimum atomic E-state index is -0.0170. The Bertz CT molecular complexity index is 669. The van der Waals surface area contributed by atoms with Gasteiger partial charge in [0.1, 0.15) is 0 Å². The topological polar surface area (TPSA) is 78.8 Å². The number of hydrogen-bond donors (Lipinski definition) is 1. The Morgan fingerprint density at radius 2 is 2.19 bits per heavy atom. The van der Waals surface area contributed by atoms with Crippen molar-refractivity contribution in [1.82, 2.24) is 20.2 Å². The zero-order valence-corrected chi connectivity index (χ0v) is 13.0. The van der Waals surface area contributed by atoms with Gasteiger partial charge in [-0.25, -0.2) is 4.68 Å². The van der Waals surface area contributed by atoms with Crippen LogP contribution < -0.4 is 5.73 Å². The molecule has 2 atom stereocenters. The van der Waals surface area contributed by atoms with E-state index in [0.717, 1.165) is 12.0 Å². The third-order valence-corrected chi connectivity index (χ3v) is 4.80. The summed E-state index contributed by atoms with van der Waals surface area (Å²) in [6.45, 7) is 4.33. The quantitative estimate of drug-likeness (QED) is 0.882. The van der Waals surface area contributed by atoms with Gasteiger partial charge in [-0.3, -0.25) is 0 Å². The van der Waals surface area contributed by atoms with Gasteiger partial charge in [0.05, 0.1) is 22.9 Å². The molecule has 0 amide bonds. The summed E-state index contributed by atoms with van der Waals surface area (Å²) in [5.74, 6) is 0.700. The number of hydrogen-bond acceptors (Lipinski definition) is 5. The summed E-state index contributed by atoms with van der Waals surface area (Å²) in [7, 11) is 1.74. The number of nitrogens with zero attached hydrogens (tertiary/aromatic N) is 4. The zero-order valence-electron chi connectivity index (χ0n) is 12.2. The fraction of sp³-hybridized carbons (Fsp3) is 0.500. The maximum absolute atomic E-state index is 5.97. The molecule has 1 aromatic heterocycles. The number of nitrogen functional groups attached to an aromatic ring is 1. The van der Waals surface area contributed by atoms with E-state index in [2.05, 4.69) is 29.4 Å². The largest absolute Gasteiger partial charge is 0.398 e. The van der Waals surface area contributed by atoms with E-state index >= 15 is 0 Å². The van der Waals surface area contributed by atoms with Crippen molar-refractivity contribution in [2.45, 2.75) is 32.4 Å². The average molecular weight is 308 g/mol. The predicted molar refractivity (Wildman–Crippen MR) is 80.9 cm³/mol. The number of aromatic nitrogens is 4. The normalized spacial score (nSPS) is 23.8. The molecule has 6 nitrogen and oxygen atoms in total. The van der Waals surface area contributed by atoms with Gasteiger partial charge in [0.15, 0.2) is 5.82 Å². The lowest BCUT2D eigenvalue weighted by Gasteiger charge is -2.50. The number of benzene rings is 1. The highest BCUT2D eigenvalue weighted by atomic mass is 35.5. The van der Waals surface area contributed by atoms with Crippen LogP contribution in [0.15, 0.2) is 18.2 Å². The van der Waals surface area contributed by atoms with Crippen LogP contribution in [0.2, 0.25) is 5.02 Å². The van der Waals surface area contributed by atoms with Crippen molar-refractivity contribution in [3.8, 4) is 11.4 Å². The highest BCUT2D eigenvalue weighted by Crippen LogP contribution is 2.51. The molecule has 1 aliphatic rings. The van der Waals surface area contributed by atoms with Crippen molar-refractivity contribution in [3.05, 3.63) is 23.2 Å². The van der Waals surface area contributed by atoms with Gasteiger partial charge >= 0.3 is 0 Å². The first kappa shape index (κ1) is 14.3. The van der Waals surface area contributed by atoms with Crippen LogP contribution in [-0.4, -0.2) is 33.4 Å². The van der Waals surface area contributed by atoms with Gasteiger partial charge in [-0.15, -0.1) is 5.10 Å². The molecule has 1 heterocycles. The third-order valence-electron chi connectivity index (χ3n) is 4.45. The second-order valence-corrected chi connectivity index (χ2v) is 6.39. The van der Waals surface area contributed by atoms with Crippen LogP contribution in [0.1, 0.15) is 26.3 Å². The standard InChI is InChI=1S/C14H18ClN5O/c1-14(2)11(7-12(14)21-3)20-13(17-18-19-20)8-4-5-9(15)10(16)6-8/h4-6,11-12H,7,16H2,1-3H3. The molecule has 1 fully saturated rings. The van der Waals surface area contributed by atoms with Crippen LogP contribution in [0.3, 0.4) is 0 Å². The maximum Gasteiger partial charge on any atom is 0.182 e. The summed E-state index contributed by atoms with van der Waals surface area (Å²) in [4.78, 5) is 0. The van der Waals surface area contributed by atoms with Crippen LogP contribution in [0.25, 0.3) is 11.4 Å². The molecular formula is C14H18ClN5O. The Labute approximate surface area is 128 Å². The van der Waals surface area contributed by atoms with Gasteiger partial charge in [0, 0.05) is 18.1 Å². The molecule has 0 spiro atoms. The number of anilines is 1. The molecule has 0 aliphatic heterocycles. The maximum atomic E-state index is 5.97. The van der Waals surface area contributed by atoms with Gasteiger partial charge in [-0.1, -0.05) is 25.4 Å². The average Bonchev–Trinajstić information content (AvgIpc) is 2.90. The lowest BCUT2D eigenvalue weighted by atomic mass is 9.64. The SMILES string of the molecule is COC1CC(n2nnnc2-c2ccc(Cl)c(N)c2)C1(C)C. The molecule has 0 radical (unpaired) electrons. The second kappa shape index (κ2) is 4.96. The van der Waals surface area contributed by atoms with Crippen LogP contribution in [0.5, 0.6) is 0 Å². The Hall–Kier alpha value is -1.66. The van der Waals surface area contributed by atoms with Gasteiger partial charge < -0.3 is 10.5 Å². The van der Waals surface area contributed by atoms with Crippen LogP contribution in [0.4, 0.5) is 5.69 Å². The first-order chi connectivity index (χ1) is 9.95. The summed E-state index contributed by atoms with van der Waals surface area (Å²) >= 11 is 5.97. The molecule has 21 heavy (non-hydrogen) atoms. The van der Waals surface area contributed by atoms with E-state index in [1.807, 2.05) is 10.7 Å². The van der Waals surface area contributed by atoms with Crippen molar-refractivity contribution < 1.29 is 4.74 Å². The summed E-state index contributed by atoms with van der Waals surface area (Å²) in [5.41, 5.74) is 7.23. The fourth-order valence-corrected chi connectivity index (χ4v) is 3.07. The van der Waals surface area contributed by atoms with E-state index in [1.54, 1.807) is 19.2 Å². The molecule has 1 aliphatic carbocycles. The monoisotopic (exact) mass is 307 g/mol. The third kappa shape index (κ3) is 2.18. The fourth-order valence-electron chi connectivity index (χ4n) is 2.96. The molecule has 2 unspecified atom stereocenters. The first-order valence-electron chi connectivity index (χ1n) is 6.81. The lowest BCUT2D eigenvalue weighted by molar-refractivity contribution is -0.116. The Morgan fingerprint density at radius 1 is 1.43 bits per heavy atom.